The monoisotopic (exact) mass is 166 g/mol. The number of nitrogens with two attached hydrogens (primary N) is 1. The molecule has 1 aliphatic rings. The molecule has 2 rings (SSSR count). The molecule has 0 aliphatic heterocycles. The molecule has 12 heavy (non-hydrogen) atoms. The van der Waals surface area contributed by atoms with E-state index in [-0.39, 0.29) is 0 Å². The van der Waals surface area contributed by atoms with Crippen LogP contribution in [0.4, 0.5) is 0 Å². The van der Waals surface area contributed by atoms with Gasteiger partial charge in [-0.1, -0.05) is 19.3 Å². The molecule has 3 nitrogen and oxygen atoms in total. The van der Waals surface area contributed by atoms with Crippen molar-refractivity contribution in [3.63, 3.8) is 0 Å². The van der Waals surface area contributed by atoms with Gasteiger partial charge in [-0.2, -0.15) is 0 Å². The fourth-order valence-electron chi connectivity index (χ4n) is 1.59. The molecule has 1 saturated carbocycles. The number of oxazole rings is 1. The summed E-state index contributed by atoms with van der Waals surface area (Å²) in [6, 6.07) is 0. The lowest BCUT2D eigenvalue weighted by molar-refractivity contribution is 0.293. The van der Waals surface area contributed by atoms with Gasteiger partial charge < -0.3 is 10.2 Å². The van der Waals surface area contributed by atoms with Crippen molar-refractivity contribution in [2.24, 2.45) is 11.7 Å². The Morgan fingerprint density at radius 2 is 2.42 bits per heavy atom. The fourth-order valence-corrected chi connectivity index (χ4v) is 1.59. The Morgan fingerprint density at radius 3 is 3.00 bits per heavy atom. The third-order valence-electron chi connectivity index (χ3n) is 2.62. The molecule has 1 heterocycles. The number of hydrogen-bond donors (Lipinski definition) is 1. The molecule has 2 N–H and O–H groups in total. The van der Waals surface area contributed by atoms with Crippen LogP contribution >= 0.6 is 0 Å². The van der Waals surface area contributed by atoms with E-state index in [2.05, 4.69) is 4.98 Å². The molecule has 1 aliphatic carbocycles. The van der Waals surface area contributed by atoms with Gasteiger partial charge in [-0.3, -0.25) is 0 Å². The Kier molecular flexibility index (Phi) is 2.13. The number of hydrogen-bond acceptors (Lipinski definition) is 3. The van der Waals surface area contributed by atoms with E-state index in [9.17, 15) is 0 Å². The van der Waals surface area contributed by atoms with E-state index >= 15 is 0 Å². The zero-order chi connectivity index (χ0) is 8.39. The van der Waals surface area contributed by atoms with Crippen LogP contribution in [0.5, 0.6) is 0 Å². The first-order chi connectivity index (χ1) is 5.90. The van der Waals surface area contributed by atoms with Gasteiger partial charge in [0.15, 0.2) is 6.39 Å². The van der Waals surface area contributed by atoms with Crippen molar-refractivity contribution < 1.29 is 4.42 Å². The van der Waals surface area contributed by atoms with Gasteiger partial charge in [0.2, 0.25) is 0 Å². The minimum atomic E-state index is 0.499. The largest absolute Gasteiger partial charge is 0.448 e. The third-order valence-corrected chi connectivity index (χ3v) is 2.62. The fraction of sp³-hybridized carbons (Fsp3) is 0.667. The first kappa shape index (κ1) is 7.80. The van der Waals surface area contributed by atoms with Gasteiger partial charge in [0.25, 0.3) is 0 Å². The SMILES string of the molecule is NCc1ncoc1CC1CCC1. The van der Waals surface area contributed by atoms with Crippen molar-refractivity contribution >= 4 is 0 Å². The number of rotatable bonds is 3. The maximum Gasteiger partial charge on any atom is 0.181 e. The van der Waals surface area contributed by atoms with Crippen LogP contribution in [0.1, 0.15) is 30.7 Å². The summed E-state index contributed by atoms with van der Waals surface area (Å²) in [6.07, 6.45) is 6.58. The van der Waals surface area contributed by atoms with Gasteiger partial charge in [-0.25, -0.2) is 4.98 Å². The molecule has 0 aromatic carbocycles. The van der Waals surface area contributed by atoms with Crippen molar-refractivity contribution in [1.82, 2.24) is 4.98 Å². The highest BCUT2D eigenvalue weighted by molar-refractivity contribution is 5.08. The van der Waals surface area contributed by atoms with Gasteiger partial charge in [0.05, 0.1) is 5.69 Å². The highest BCUT2D eigenvalue weighted by Crippen LogP contribution is 2.30. The Bertz CT molecular complexity index is 253. The smallest absolute Gasteiger partial charge is 0.181 e. The van der Waals surface area contributed by atoms with Gasteiger partial charge in [0, 0.05) is 13.0 Å². The van der Waals surface area contributed by atoms with Gasteiger partial charge >= 0.3 is 0 Å². The van der Waals surface area contributed by atoms with Crippen LogP contribution < -0.4 is 5.73 Å². The summed E-state index contributed by atoms with van der Waals surface area (Å²) in [5, 5.41) is 0. The second-order valence-corrected chi connectivity index (χ2v) is 3.43. The first-order valence-corrected chi connectivity index (χ1v) is 4.51. The van der Waals surface area contributed by atoms with Crippen LogP contribution in [-0.2, 0) is 13.0 Å². The summed E-state index contributed by atoms with van der Waals surface area (Å²) in [6.45, 7) is 0.499. The van der Waals surface area contributed by atoms with Gasteiger partial charge in [-0.05, 0) is 5.92 Å². The van der Waals surface area contributed by atoms with E-state index in [1.807, 2.05) is 0 Å². The zero-order valence-electron chi connectivity index (χ0n) is 7.12. The maximum absolute atomic E-state index is 5.51. The van der Waals surface area contributed by atoms with E-state index < -0.39 is 0 Å². The average molecular weight is 166 g/mol. The predicted octanol–water partition coefficient (Wildman–Crippen LogP) is 1.48. The summed E-state index contributed by atoms with van der Waals surface area (Å²) >= 11 is 0. The zero-order valence-corrected chi connectivity index (χ0v) is 7.12. The second-order valence-electron chi connectivity index (χ2n) is 3.43. The molecule has 0 saturated heterocycles. The van der Waals surface area contributed by atoms with Crippen LogP contribution in [0.2, 0.25) is 0 Å². The van der Waals surface area contributed by atoms with Crippen LogP contribution in [0, 0.1) is 5.92 Å². The topological polar surface area (TPSA) is 52.0 Å². The molecule has 0 bridgehead atoms. The number of aromatic nitrogens is 1. The summed E-state index contributed by atoms with van der Waals surface area (Å²) in [4.78, 5) is 4.05. The molecule has 1 aromatic rings. The molecule has 3 heteroatoms. The molecule has 66 valence electrons. The van der Waals surface area contributed by atoms with Crippen molar-refractivity contribution in [3.05, 3.63) is 17.8 Å². The third kappa shape index (κ3) is 1.37. The molecule has 0 radical (unpaired) electrons. The van der Waals surface area contributed by atoms with Gasteiger partial charge in [-0.15, -0.1) is 0 Å². The van der Waals surface area contributed by atoms with E-state index in [0.29, 0.717) is 6.54 Å². The van der Waals surface area contributed by atoms with Crippen molar-refractivity contribution in [1.29, 1.82) is 0 Å². The van der Waals surface area contributed by atoms with E-state index in [4.69, 9.17) is 10.2 Å². The lowest BCUT2D eigenvalue weighted by atomic mass is 9.82. The Morgan fingerprint density at radius 1 is 1.58 bits per heavy atom. The molecular formula is C9H14N2O. The maximum atomic E-state index is 5.51. The molecule has 1 fully saturated rings. The molecule has 0 amide bonds. The summed E-state index contributed by atoms with van der Waals surface area (Å²) < 4.78 is 5.27. The van der Waals surface area contributed by atoms with Crippen molar-refractivity contribution in [2.45, 2.75) is 32.2 Å². The molecule has 1 aromatic heterocycles. The van der Waals surface area contributed by atoms with E-state index in [1.165, 1.54) is 25.7 Å². The second kappa shape index (κ2) is 3.27. The van der Waals surface area contributed by atoms with Crippen LogP contribution in [0.3, 0.4) is 0 Å². The van der Waals surface area contributed by atoms with Crippen LogP contribution in [-0.4, -0.2) is 4.98 Å². The minimum Gasteiger partial charge on any atom is -0.448 e. The van der Waals surface area contributed by atoms with Crippen molar-refractivity contribution in [3.8, 4) is 0 Å². The highest BCUT2D eigenvalue weighted by atomic mass is 16.3. The van der Waals surface area contributed by atoms with Crippen molar-refractivity contribution in [2.75, 3.05) is 0 Å². The van der Waals surface area contributed by atoms with Gasteiger partial charge in [0.1, 0.15) is 5.76 Å². The standard InChI is InChI=1S/C9H14N2O/c10-5-8-9(12-6-11-8)4-7-2-1-3-7/h6-7H,1-5,10H2. The molecule has 0 atom stereocenters. The lowest BCUT2D eigenvalue weighted by Crippen LogP contribution is -2.14. The normalized spacial score (nSPS) is 17.8. The van der Waals surface area contributed by atoms with Crippen LogP contribution in [0.25, 0.3) is 0 Å². The predicted molar refractivity (Wildman–Crippen MR) is 45.4 cm³/mol. The van der Waals surface area contributed by atoms with E-state index in [0.717, 1.165) is 23.8 Å². The summed E-state index contributed by atoms with van der Waals surface area (Å²) in [7, 11) is 0. The summed E-state index contributed by atoms with van der Waals surface area (Å²) in [5.74, 6) is 1.82. The average Bonchev–Trinajstić information content (AvgIpc) is 2.43. The first-order valence-electron chi connectivity index (χ1n) is 4.51. The van der Waals surface area contributed by atoms with E-state index in [1.54, 1.807) is 0 Å². The number of nitrogens with zero attached hydrogens (tertiary/aromatic N) is 1. The Hall–Kier alpha value is -0.830. The Labute approximate surface area is 72.0 Å². The summed E-state index contributed by atoms with van der Waals surface area (Å²) in [5.41, 5.74) is 6.44. The Balaban J connectivity index is 2.00. The molecule has 0 unspecified atom stereocenters. The molecule has 0 spiro atoms. The lowest BCUT2D eigenvalue weighted by Gasteiger charge is -2.24. The van der Waals surface area contributed by atoms with Crippen LogP contribution in [0.15, 0.2) is 10.8 Å². The minimum absolute atomic E-state index is 0.499. The highest BCUT2D eigenvalue weighted by Gasteiger charge is 2.20. The molecular weight excluding hydrogens is 152 g/mol. The quantitative estimate of drug-likeness (QED) is 0.739.